The average Bonchev–Trinajstić information content (AvgIpc) is 2.48. The molecular formula is C15H21FN4S. The Kier molecular flexibility index (Phi) is 5.92. The number of benzene rings is 1. The molecule has 1 aliphatic heterocycles. The molecule has 1 heterocycles. The molecule has 114 valence electrons. The van der Waals surface area contributed by atoms with Gasteiger partial charge < -0.3 is 10.2 Å². The lowest BCUT2D eigenvalue weighted by molar-refractivity contribution is 0.557. The maximum absolute atomic E-state index is 14.2. The minimum Gasteiger partial charge on any atom is -0.369 e. The van der Waals surface area contributed by atoms with Crippen LogP contribution in [0.15, 0.2) is 23.3 Å². The lowest BCUT2D eigenvalue weighted by atomic mass is 10.1. The second kappa shape index (κ2) is 7.93. The lowest BCUT2D eigenvalue weighted by Crippen LogP contribution is -2.31. The number of hydrogen-bond acceptors (Lipinski definition) is 3. The monoisotopic (exact) mass is 308 g/mol. The van der Waals surface area contributed by atoms with Crippen molar-refractivity contribution in [3.8, 4) is 0 Å². The third-order valence-electron chi connectivity index (χ3n) is 3.39. The SMILES string of the molecule is CCNC(=S)N/N=C\c1ccc(N2CCCCC2)c(F)c1. The summed E-state index contributed by atoms with van der Waals surface area (Å²) in [5.74, 6) is -0.199. The van der Waals surface area contributed by atoms with Crippen molar-refractivity contribution in [2.24, 2.45) is 5.10 Å². The van der Waals surface area contributed by atoms with Gasteiger partial charge >= 0.3 is 0 Å². The molecule has 2 N–H and O–H groups in total. The fourth-order valence-corrected chi connectivity index (χ4v) is 2.56. The van der Waals surface area contributed by atoms with Gasteiger partial charge in [-0.3, -0.25) is 5.43 Å². The maximum Gasteiger partial charge on any atom is 0.186 e. The molecule has 2 rings (SSSR count). The Hall–Kier alpha value is -1.69. The molecule has 21 heavy (non-hydrogen) atoms. The van der Waals surface area contributed by atoms with Gasteiger partial charge in [-0.15, -0.1) is 0 Å². The third kappa shape index (κ3) is 4.67. The summed E-state index contributed by atoms with van der Waals surface area (Å²) in [7, 11) is 0. The Balaban J connectivity index is 1.98. The van der Waals surface area contributed by atoms with E-state index in [2.05, 4.69) is 20.7 Å². The van der Waals surface area contributed by atoms with Crippen molar-refractivity contribution in [2.75, 3.05) is 24.5 Å². The first-order valence-corrected chi connectivity index (χ1v) is 7.73. The molecule has 0 aliphatic carbocycles. The smallest absolute Gasteiger partial charge is 0.186 e. The molecule has 1 aromatic carbocycles. The van der Waals surface area contributed by atoms with Crippen LogP contribution in [0, 0.1) is 5.82 Å². The molecule has 0 atom stereocenters. The van der Waals surface area contributed by atoms with E-state index in [1.165, 1.54) is 12.5 Å². The Bertz CT molecular complexity index is 512. The van der Waals surface area contributed by atoms with Crippen LogP contribution in [0.5, 0.6) is 0 Å². The normalized spacial score (nSPS) is 15.2. The summed E-state index contributed by atoms with van der Waals surface area (Å²) in [5.41, 5.74) is 4.08. The standard InChI is InChI=1S/C15H21FN4S/c1-2-17-15(21)19-18-11-12-6-7-14(13(16)10-12)20-8-4-3-5-9-20/h6-7,10-11H,2-5,8-9H2,1H3,(H2,17,19,21)/b18-11-. The van der Waals surface area contributed by atoms with Crippen LogP contribution in [-0.2, 0) is 0 Å². The Morgan fingerprint density at radius 1 is 1.38 bits per heavy atom. The van der Waals surface area contributed by atoms with Gasteiger partial charge in [-0.2, -0.15) is 5.10 Å². The second-order valence-electron chi connectivity index (χ2n) is 4.99. The zero-order chi connectivity index (χ0) is 15.1. The van der Waals surface area contributed by atoms with E-state index >= 15 is 0 Å². The van der Waals surface area contributed by atoms with Gasteiger partial charge in [-0.05, 0) is 56.1 Å². The Labute approximate surface area is 130 Å². The quantitative estimate of drug-likeness (QED) is 0.510. The van der Waals surface area contributed by atoms with Gasteiger partial charge in [-0.25, -0.2) is 4.39 Å². The van der Waals surface area contributed by atoms with Gasteiger partial charge in [0.05, 0.1) is 11.9 Å². The highest BCUT2D eigenvalue weighted by molar-refractivity contribution is 7.80. The summed E-state index contributed by atoms with van der Waals surface area (Å²) in [6.45, 7) is 4.55. The van der Waals surface area contributed by atoms with Crippen LogP contribution < -0.4 is 15.6 Å². The molecule has 1 aliphatic rings. The van der Waals surface area contributed by atoms with Gasteiger partial charge in [0.1, 0.15) is 5.82 Å². The second-order valence-corrected chi connectivity index (χ2v) is 5.40. The van der Waals surface area contributed by atoms with E-state index in [0.717, 1.165) is 32.5 Å². The summed E-state index contributed by atoms with van der Waals surface area (Å²) in [6, 6.07) is 5.20. The van der Waals surface area contributed by atoms with Gasteiger partial charge in [-0.1, -0.05) is 6.07 Å². The Morgan fingerprint density at radius 3 is 2.81 bits per heavy atom. The van der Waals surface area contributed by atoms with E-state index < -0.39 is 0 Å². The van der Waals surface area contributed by atoms with E-state index in [1.807, 2.05) is 19.1 Å². The number of thiocarbonyl (C=S) groups is 1. The highest BCUT2D eigenvalue weighted by Crippen LogP contribution is 2.23. The summed E-state index contributed by atoms with van der Waals surface area (Å²) in [4.78, 5) is 2.11. The zero-order valence-electron chi connectivity index (χ0n) is 12.2. The molecule has 1 fully saturated rings. The largest absolute Gasteiger partial charge is 0.369 e. The first kappa shape index (κ1) is 15.7. The number of rotatable bonds is 4. The van der Waals surface area contributed by atoms with Crippen LogP contribution >= 0.6 is 12.2 Å². The molecule has 0 spiro atoms. The fraction of sp³-hybridized carbons (Fsp3) is 0.467. The summed E-state index contributed by atoms with van der Waals surface area (Å²) >= 11 is 4.98. The molecule has 0 bridgehead atoms. The number of nitrogens with one attached hydrogen (secondary N) is 2. The molecule has 1 aromatic rings. The number of nitrogens with zero attached hydrogens (tertiary/aromatic N) is 2. The number of piperidine rings is 1. The van der Waals surface area contributed by atoms with Crippen molar-refractivity contribution < 1.29 is 4.39 Å². The molecule has 1 saturated heterocycles. The zero-order valence-corrected chi connectivity index (χ0v) is 13.0. The molecular weight excluding hydrogens is 287 g/mol. The number of hydrazone groups is 1. The van der Waals surface area contributed by atoms with E-state index in [1.54, 1.807) is 6.21 Å². The van der Waals surface area contributed by atoms with Crippen LogP contribution in [0.1, 0.15) is 31.7 Å². The summed E-state index contributed by atoms with van der Waals surface area (Å²) in [5, 5.41) is 7.36. The van der Waals surface area contributed by atoms with Crippen molar-refractivity contribution in [3.05, 3.63) is 29.6 Å². The average molecular weight is 308 g/mol. The predicted molar refractivity (Wildman–Crippen MR) is 89.5 cm³/mol. The molecule has 0 saturated carbocycles. The first-order chi connectivity index (χ1) is 10.2. The van der Waals surface area contributed by atoms with Crippen molar-refractivity contribution in [1.29, 1.82) is 0 Å². The highest BCUT2D eigenvalue weighted by atomic mass is 32.1. The van der Waals surface area contributed by atoms with Crippen LogP contribution in [0.3, 0.4) is 0 Å². The van der Waals surface area contributed by atoms with Crippen molar-refractivity contribution in [2.45, 2.75) is 26.2 Å². The van der Waals surface area contributed by atoms with Gasteiger partial charge in [0.25, 0.3) is 0 Å². The number of halogens is 1. The van der Waals surface area contributed by atoms with Crippen LogP contribution in [0.25, 0.3) is 0 Å². The van der Waals surface area contributed by atoms with Crippen molar-refractivity contribution in [3.63, 3.8) is 0 Å². The maximum atomic E-state index is 14.2. The van der Waals surface area contributed by atoms with E-state index in [9.17, 15) is 4.39 Å². The van der Waals surface area contributed by atoms with Crippen LogP contribution in [-0.4, -0.2) is 31.0 Å². The summed E-state index contributed by atoms with van der Waals surface area (Å²) in [6.07, 6.45) is 5.07. The van der Waals surface area contributed by atoms with E-state index in [-0.39, 0.29) is 5.82 Å². The molecule has 4 nitrogen and oxygen atoms in total. The topological polar surface area (TPSA) is 39.7 Å². The third-order valence-corrected chi connectivity index (χ3v) is 3.62. The van der Waals surface area contributed by atoms with E-state index in [4.69, 9.17) is 12.2 Å². The van der Waals surface area contributed by atoms with Crippen molar-refractivity contribution >= 4 is 29.2 Å². The minimum absolute atomic E-state index is 0.199. The number of hydrogen-bond donors (Lipinski definition) is 2. The van der Waals surface area contributed by atoms with Crippen molar-refractivity contribution in [1.82, 2.24) is 10.7 Å². The number of anilines is 1. The first-order valence-electron chi connectivity index (χ1n) is 7.32. The van der Waals surface area contributed by atoms with Crippen LogP contribution in [0.4, 0.5) is 10.1 Å². The highest BCUT2D eigenvalue weighted by Gasteiger charge is 2.14. The van der Waals surface area contributed by atoms with Gasteiger partial charge in [0.2, 0.25) is 0 Å². The molecule has 0 radical (unpaired) electrons. The molecule has 0 unspecified atom stereocenters. The summed E-state index contributed by atoms with van der Waals surface area (Å²) < 4.78 is 14.2. The van der Waals surface area contributed by atoms with Gasteiger partial charge in [0, 0.05) is 19.6 Å². The fourth-order valence-electron chi connectivity index (χ4n) is 2.36. The molecule has 0 aromatic heterocycles. The minimum atomic E-state index is -0.199. The molecule has 6 heteroatoms. The molecule has 0 amide bonds. The van der Waals surface area contributed by atoms with Crippen LogP contribution in [0.2, 0.25) is 0 Å². The van der Waals surface area contributed by atoms with Gasteiger partial charge in [0.15, 0.2) is 5.11 Å². The lowest BCUT2D eigenvalue weighted by Gasteiger charge is -2.29. The predicted octanol–water partition coefficient (Wildman–Crippen LogP) is 2.63. The Morgan fingerprint density at radius 2 is 2.14 bits per heavy atom. The van der Waals surface area contributed by atoms with E-state index in [0.29, 0.717) is 16.4 Å².